The summed E-state index contributed by atoms with van der Waals surface area (Å²) in [7, 11) is 0. The van der Waals surface area contributed by atoms with Crippen molar-refractivity contribution in [3.8, 4) is 11.5 Å². The Hall–Kier alpha value is -3.91. The van der Waals surface area contributed by atoms with Crippen LogP contribution in [-0.2, 0) is 16.2 Å². The summed E-state index contributed by atoms with van der Waals surface area (Å²) < 4.78 is 12.2. The van der Waals surface area contributed by atoms with Crippen LogP contribution in [0, 0.1) is 0 Å². The molecule has 0 unspecified atom stereocenters. The van der Waals surface area contributed by atoms with Crippen molar-refractivity contribution in [3.63, 3.8) is 0 Å². The Balaban J connectivity index is 1.49. The van der Waals surface area contributed by atoms with E-state index in [4.69, 9.17) is 9.47 Å². The molecule has 1 N–H and O–H groups in total. The van der Waals surface area contributed by atoms with E-state index in [1.165, 1.54) is 6.08 Å². The van der Waals surface area contributed by atoms with E-state index in [-0.39, 0.29) is 5.57 Å². The van der Waals surface area contributed by atoms with Crippen LogP contribution in [0.25, 0.3) is 6.08 Å². The monoisotopic (exact) mass is 520 g/mol. The number of halogens is 1. The topological polar surface area (TPSA) is 84.9 Å². The van der Waals surface area contributed by atoms with Gasteiger partial charge < -0.3 is 9.47 Å². The molecule has 172 valence electrons. The summed E-state index contributed by atoms with van der Waals surface area (Å²) in [6.07, 6.45) is 1.45. The molecule has 8 heteroatoms. The molecule has 1 aliphatic heterocycles. The summed E-state index contributed by atoms with van der Waals surface area (Å²) in [6.45, 7) is 2.77. The summed E-state index contributed by atoms with van der Waals surface area (Å²) >= 11 is 3.40. The number of nitrogens with one attached hydrogen (secondary N) is 1. The van der Waals surface area contributed by atoms with E-state index in [0.717, 1.165) is 14.9 Å². The molecule has 1 saturated heterocycles. The van der Waals surface area contributed by atoms with Crippen molar-refractivity contribution >= 4 is 45.5 Å². The number of imide groups is 2. The van der Waals surface area contributed by atoms with Gasteiger partial charge >= 0.3 is 6.03 Å². The number of hydrogen-bond donors (Lipinski definition) is 1. The summed E-state index contributed by atoms with van der Waals surface area (Å²) in [6, 6.07) is 20.5. The van der Waals surface area contributed by atoms with Crippen LogP contribution >= 0.6 is 15.9 Å². The molecule has 7 nitrogen and oxygen atoms in total. The molecule has 3 aromatic carbocycles. The van der Waals surface area contributed by atoms with Crippen LogP contribution in [0.1, 0.15) is 18.1 Å². The predicted octanol–water partition coefficient (Wildman–Crippen LogP) is 5.09. The van der Waals surface area contributed by atoms with Crippen LogP contribution in [0.15, 0.2) is 82.8 Å². The zero-order chi connectivity index (χ0) is 24.1. The van der Waals surface area contributed by atoms with Gasteiger partial charge in [0.1, 0.15) is 23.7 Å². The smallest absolute Gasteiger partial charge is 0.335 e. The first-order chi connectivity index (χ1) is 16.4. The van der Waals surface area contributed by atoms with Crippen LogP contribution in [0.4, 0.5) is 10.5 Å². The number of hydrogen-bond acceptors (Lipinski definition) is 5. The Morgan fingerprint density at radius 2 is 1.47 bits per heavy atom. The van der Waals surface area contributed by atoms with Crippen molar-refractivity contribution in [1.82, 2.24) is 5.32 Å². The lowest BCUT2D eigenvalue weighted by Gasteiger charge is -2.26. The molecule has 34 heavy (non-hydrogen) atoms. The van der Waals surface area contributed by atoms with Crippen molar-refractivity contribution in [1.29, 1.82) is 0 Å². The van der Waals surface area contributed by atoms with Gasteiger partial charge in [-0.05, 0) is 72.7 Å². The Kier molecular flexibility index (Phi) is 7.08. The molecule has 0 spiro atoms. The molecule has 4 amide bonds. The van der Waals surface area contributed by atoms with Gasteiger partial charge in [0.2, 0.25) is 0 Å². The number of benzene rings is 3. The highest BCUT2D eigenvalue weighted by Gasteiger charge is 2.36. The highest BCUT2D eigenvalue weighted by atomic mass is 79.9. The van der Waals surface area contributed by atoms with Crippen LogP contribution in [-0.4, -0.2) is 24.5 Å². The average Bonchev–Trinajstić information content (AvgIpc) is 2.83. The molecular weight excluding hydrogens is 500 g/mol. The minimum Gasteiger partial charge on any atom is -0.494 e. The SMILES string of the molecule is CCOc1ccc(N2C(=O)NC(=O)/C(=C\c3ccc(OCc4ccc(Br)cc4)cc3)C2=O)cc1. The average molecular weight is 521 g/mol. The third kappa shape index (κ3) is 5.35. The predicted molar refractivity (Wildman–Crippen MR) is 132 cm³/mol. The molecule has 0 radical (unpaired) electrons. The Morgan fingerprint density at radius 3 is 2.12 bits per heavy atom. The van der Waals surface area contributed by atoms with E-state index < -0.39 is 17.8 Å². The molecule has 0 saturated carbocycles. The van der Waals surface area contributed by atoms with Gasteiger partial charge in [0.05, 0.1) is 12.3 Å². The highest BCUT2D eigenvalue weighted by Crippen LogP contribution is 2.25. The zero-order valence-corrected chi connectivity index (χ0v) is 19.9. The number of carbonyl (C=O) groups is 3. The second kappa shape index (κ2) is 10.4. The molecule has 0 aromatic heterocycles. The van der Waals surface area contributed by atoms with Crippen molar-refractivity contribution in [2.75, 3.05) is 11.5 Å². The summed E-state index contributed by atoms with van der Waals surface area (Å²) in [4.78, 5) is 38.7. The molecule has 1 heterocycles. The maximum atomic E-state index is 13.0. The van der Waals surface area contributed by atoms with Crippen LogP contribution in [0.3, 0.4) is 0 Å². The standard InChI is InChI=1S/C26H21BrN2O5/c1-2-33-21-13-9-20(10-14-21)29-25(31)23(24(30)28-26(29)32)15-17-5-11-22(12-6-17)34-16-18-3-7-19(27)8-4-18/h3-15H,2,16H2,1H3,(H,28,30,32)/b23-15+. The number of nitrogens with zero attached hydrogens (tertiary/aromatic N) is 1. The van der Waals surface area contributed by atoms with Gasteiger partial charge in [-0.25, -0.2) is 9.69 Å². The Morgan fingerprint density at radius 1 is 0.853 bits per heavy atom. The lowest BCUT2D eigenvalue weighted by atomic mass is 10.1. The molecule has 0 aliphatic carbocycles. The minimum absolute atomic E-state index is 0.142. The third-order valence-corrected chi connectivity index (χ3v) is 5.55. The van der Waals surface area contributed by atoms with Gasteiger partial charge in [-0.3, -0.25) is 14.9 Å². The lowest BCUT2D eigenvalue weighted by Crippen LogP contribution is -2.54. The molecular formula is C26H21BrN2O5. The fraction of sp³-hybridized carbons (Fsp3) is 0.115. The minimum atomic E-state index is -0.798. The molecule has 1 aliphatic rings. The molecule has 3 aromatic rings. The summed E-state index contributed by atoms with van der Waals surface area (Å²) in [5.41, 5.74) is 1.84. The number of carbonyl (C=O) groups excluding carboxylic acids is 3. The number of ether oxygens (including phenoxy) is 2. The largest absolute Gasteiger partial charge is 0.494 e. The number of barbiturate groups is 1. The number of urea groups is 1. The number of anilines is 1. The van der Waals surface area contributed by atoms with Gasteiger partial charge in [-0.15, -0.1) is 0 Å². The maximum absolute atomic E-state index is 13.0. The fourth-order valence-corrected chi connectivity index (χ4v) is 3.59. The Bertz CT molecular complexity index is 1240. The van der Waals surface area contributed by atoms with E-state index in [1.807, 2.05) is 31.2 Å². The molecule has 4 rings (SSSR count). The second-order valence-corrected chi connectivity index (χ2v) is 8.28. The van der Waals surface area contributed by atoms with Crippen molar-refractivity contribution < 1.29 is 23.9 Å². The van der Waals surface area contributed by atoms with Crippen LogP contribution in [0.2, 0.25) is 0 Å². The first-order valence-corrected chi connectivity index (χ1v) is 11.4. The van der Waals surface area contributed by atoms with Gasteiger partial charge in [0, 0.05) is 4.47 Å². The van der Waals surface area contributed by atoms with Crippen LogP contribution < -0.4 is 19.7 Å². The summed E-state index contributed by atoms with van der Waals surface area (Å²) in [5, 5.41) is 2.22. The van der Waals surface area contributed by atoms with Gasteiger partial charge in [-0.1, -0.05) is 40.2 Å². The fourth-order valence-electron chi connectivity index (χ4n) is 3.32. The highest BCUT2D eigenvalue weighted by molar-refractivity contribution is 9.10. The first-order valence-electron chi connectivity index (χ1n) is 10.6. The van der Waals surface area contributed by atoms with Gasteiger partial charge in [-0.2, -0.15) is 0 Å². The number of rotatable bonds is 7. The zero-order valence-electron chi connectivity index (χ0n) is 18.3. The van der Waals surface area contributed by atoms with Crippen molar-refractivity contribution in [3.05, 3.63) is 94.0 Å². The number of amides is 4. The quantitative estimate of drug-likeness (QED) is 0.346. The van der Waals surface area contributed by atoms with Gasteiger partial charge in [0.15, 0.2) is 0 Å². The van der Waals surface area contributed by atoms with E-state index in [0.29, 0.717) is 36.0 Å². The van der Waals surface area contributed by atoms with E-state index in [2.05, 4.69) is 21.2 Å². The van der Waals surface area contributed by atoms with Crippen LogP contribution in [0.5, 0.6) is 11.5 Å². The molecule has 1 fully saturated rings. The lowest BCUT2D eigenvalue weighted by molar-refractivity contribution is -0.122. The molecule has 0 bridgehead atoms. The first kappa shape index (κ1) is 23.3. The third-order valence-electron chi connectivity index (χ3n) is 5.02. The van der Waals surface area contributed by atoms with E-state index in [9.17, 15) is 14.4 Å². The van der Waals surface area contributed by atoms with Crippen molar-refractivity contribution in [2.24, 2.45) is 0 Å². The normalized spacial score (nSPS) is 14.8. The maximum Gasteiger partial charge on any atom is 0.335 e. The second-order valence-electron chi connectivity index (χ2n) is 7.37. The Labute approximate surface area is 205 Å². The summed E-state index contributed by atoms with van der Waals surface area (Å²) in [5.74, 6) is -0.178. The molecule has 0 atom stereocenters. The van der Waals surface area contributed by atoms with Crippen molar-refractivity contribution in [2.45, 2.75) is 13.5 Å². The van der Waals surface area contributed by atoms with E-state index in [1.54, 1.807) is 48.5 Å². The van der Waals surface area contributed by atoms with Gasteiger partial charge in [0.25, 0.3) is 11.8 Å². The van der Waals surface area contributed by atoms with E-state index >= 15 is 0 Å².